The zero-order chi connectivity index (χ0) is 19.1. The van der Waals surface area contributed by atoms with Gasteiger partial charge in [-0.15, -0.1) is 0 Å². The summed E-state index contributed by atoms with van der Waals surface area (Å²) in [6.07, 6.45) is 2.21. The number of hydrogen-bond donors (Lipinski definition) is 1. The maximum atomic E-state index is 11.5. The first-order chi connectivity index (χ1) is 13.0. The van der Waals surface area contributed by atoms with E-state index in [2.05, 4.69) is 28.8 Å². The second-order valence-electron chi connectivity index (χ2n) is 6.56. The lowest BCUT2D eigenvalue weighted by Crippen LogP contribution is -2.08. The average Bonchev–Trinajstić information content (AvgIpc) is 3.25. The van der Waals surface area contributed by atoms with E-state index >= 15 is 0 Å². The maximum Gasteiger partial charge on any atom is 0.433 e. The third kappa shape index (κ3) is 2.97. The van der Waals surface area contributed by atoms with Crippen molar-refractivity contribution >= 4 is 28.0 Å². The van der Waals surface area contributed by atoms with Crippen LogP contribution in [0.15, 0.2) is 39.7 Å². The molecule has 0 fully saturated rings. The third-order valence-corrected chi connectivity index (χ3v) is 4.63. The highest BCUT2D eigenvalue weighted by Gasteiger charge is 2.21. The second-order valence-corrected chi connectivity index (χ2v) is 6.56. The van der Waals surface area contributed by atoms with E-state index in [0.717, 1.165) is 11.9 Å². The van der Waals surface area contributed by atoms with Gasteiger partial charge in [-0.1, -0.05) is 20.3 Å². The molecule has 1 unspecified atom stereocenters. The number of nitrogens with zero attached hydrogens (tertiary/aromatic N) is 4. The zero-order valence-electron chi connectivity index (χ0n) is 14.8. The minimum atomic E-state index is -0.575. The number of benzene rings is 1. The van der Waals surface area contributed by atoms with Gasteiger partial charge in [-0.05, 0) is 24.1 Å². The smallest absolute Gasteiger partial charge is 0.397 e. The molecule has 0 saturated heterocycles. The first-order valence-corrected chi connectivity index (χ1v) is 8.60. The Hall–Kier alpha value is -3.49. The Bertz CT molecular complexity index is 1220. The summed E-state index contributed by atoms with van der Waals surface area (Å²) < 4.78 is 7.36. The van der Waals surface area contributed by atoms with Crippen molar-refractivity contribution in [3.8, 4) is 11.6 Å². The Labute approximate surface area is 152 Å². The van der Waals surface area contributed by atoms with Crippen molar-refractivity contribution < 1.29 is 9.34 Å². The predicted octanol–water partition coefficient (Wildman–Crippen LogP) is 3.49. The fraction of sp³-hybridized carbons (Fsp3) is 0.278. The third-order valence-electron chi connectivity index (χ3n) is 4.63. The van der Waals surface area contributed by atoms with Crippen LogP contribution in [0.3, 0.4) is 0 Å². The number of aromatic amines is 1. The van der Waals surface area contributed by atoms with Gasteiger partial charge in [0.05, 0.1) is 34.3 Å². The maximum absolute atomic E-state index is 11.5. The van der Waals surface area contributed by atoms with E-state index in [0.29, 0.717) is 40.6 Å². The van der Waals surface area contributed by atoms with Crippen LogP contribution in [0.25, 0.3) is 33.7 Å². The van der Waals surface area contributed by atoms with Crippen LogP contribution in [-0.2, 0) is 6.54 Å². The van der Waals surface area contributed by atoms with Crippen LogP contribution in [0.1, 0.15) is 20.3 Å². The topological polar surface area (TPSA) is 120 Å². The molecule has 0 aliphatic rings. The molecule has 1 aromatic carbocycles. The van der Waals surface area contributed by atoms with Gasteiger partial charge in [-0.2, -0.15) is 0 Å². The Morgan fingerprint density at radius 1 is 1.33 bits per heavy atom. The quantitative estimate of drug-likeness (QED) is 0.426. The van der Waals surface area contributed by atoms with E-state index < -0.39 is 4.92 Å². The van der Waals surface area contributed by atoms with Crippen LogP contribution in [0.4, 0.5) is 5.88 Å². The van der Waals surface area contributed by atoms with E-state index in [-0.39, 0.29) is 11.4 Å². The number of imidazole rings is 1. The zero-order valence-corrected chi connectivity index (χ0v) is 14.8. The number of fused-ring (bicyclic) bond motifs is 2. The standard InChI is InChI=1S/C18H17N5O4/c1-3-10(2)9-22-14-7-11-12(20-16(24)8-19-11)6-13(14)21-18(22)15-4-5-17(27-15)23(25)26/h4-8,10H,3,9H2,1-2H3,(H,20,24). The van der Waals surface area contributed by atoms with Crippen molar-refractivity contribution in [2.45, 2.75) is 26.8 Å². The van der Waals surface area contributed by atoms with Crippen LogP contribution >= 0.6 is 0 Å². The molecule has 0 amide bonds. The molecular weight excluding hydrogens is 350 g/mol. The van der Waals surface area contributed by atoms with Gasteiger partial charge in [0.1, 0.15) is 4.92 Å². The van der Waals surface area contributed by atoms with Crippen molar-refractivity contribution in [2.24, 2.45) is 5.92 Å². The molecule has 3 heterocycles. The van der Waals surface area contributed by atoms with Gasteiger partial charge in [-0.3, -0.25) is 14.9 Å². The normalized spacial score (nSPS) is 12.7. The molecule has 138 valence electrons. The second kappa shape index (κ2) is 6.35. The van der Waals surface area contributed by atoms with Gasteiger partial charge >= 0.3 is 5.88 Å². The number of rotatable bonds is 5. The van der Waals surface area contributed by atoms with Gasteiger partial charge in [0.15, 0.2) is 11.6 Å². The van der Waals surface area contributed by atoms with E-state index in [1.165, 1.54) is 12.3 Å². The van der Waals surface area contributed by atoms with Crippen LogP contribution in [0.5, 0.6) is 0 Å². The van der Waals surface area contributed by atoms with Crippen LogP contribution < -0.4 is 5.56 Å². The summed E-state index contributed by atoms with van der Waals surface area (Å²) in [5, 5.41) is 11.0. The number of nitrogens with one attached hydrogen (secondary N) is 1. The monoisotopic (exact) mass is 367 g/mol. The van der Waals surface area contributed by atoms with Crippen molar-refractivity contribution in [3.05, 3.63) is 50.9 Å². The van der Waals surface area contributed by atoms with Crippen LogP contribution in [-0.4, -0.2) is 24.4 Å². The van der Waals surface area contributed by atoms with Crippen molar-refractivity contribution in [2.75, 3.05) is 0 Å². The lowest BCUT2D eigenvalue weighted by Gasteiger charge is -2.13. The summed E-state index contributed by atoms with van der Waals surface area (Å²) in [6, 6.07) is 6.48. The molecule has 27 heavy (non-hydrogen) atoms. The summed E-state index contributed by atoms with van der Waals surface area (Å²) in [7, 11) is 0. The first-order valence-electron chi connectivity index (χ1n) is 8.60. The van der Waals surface area contributed by atoms with Crippen LogP contribution in [0, 0.1) is 16.0 Å². The molecule has 9 heteroatoms. The lowest BCUT2D eigenvalue weighted by molar-refractivity contribution is -0.401. The molecule has 0 radical (unpaired) electrons. The number of furan rings is 1. The van der Waals surface area contributed by atoms with Gasteiger partial charge in [0.25, 0.3) is 5.56 Å². The number of aromatic nitrogens is 4. The number of H-pyrrole nitrogens is 1. The molecule has 1 N–H and O–H groups in total. The highest BCUT2D eigenvalue weighted by molar-refractivity contribution is 5.92. The molecular formula is C18H17N5O4. The van der Waals surface area contributed by atoms with Crippen molar-refractivity contribution in [1.29, 1.82) is 0 Å². The number of hydrogen-bond acceptors (Lipinski definition) is 6. The summed E-state index contributed by atoms with van der Waals surface area (Å²) in [5.74, 6) is 0.872. The lowest BCUT2D eigenvalue weighted by atomic mass is 10.1. The highest BCUT2D eigenvalue weighted by Crippen LogP contribution is 2.31. The van der Waals surface area contributed by atoms with Gasteiger partial charge in [0.2, 0.25) is 0 Å². The Morgan fingerprint density at radius 2 is 2.15 bits per heavy atom. The van der Waals surface area contributed by atoms with E-state index in [1.54, 1.807) is 12.1 Å². The summed E-state index contributed by atoms with van der Waals surface area (Å²) in [5.41, 5.74) is 2.42. The molecule has 9 nitrogen and oxygen atoms in total. The Kier molecular flexibility index (Phi) is 3.98. The molecule has 0 aliphatic heterocycles. The summed E-state index contributed by atoms with van der Waals surface area (Å²) in [4.78, 5) is 33.5. The largest absolute Gasteiger partial charge is 0.433 e. The van der Waals surface area contributed by atoms with E-state index in [9.17, 15) is 14.9 Å². The average molecular weight is 367 g/mol. The van der Waals surface area contributed by atoms with Crippen molar-refractivity contribution in [3.63, 3.8) is 0 Å². The molecule has 0 spiro atoms. The Balaban J connectivity index is 1.97. The molecule has 1 atom stereocenters. The summed E-state index contributed by atoms with van der Waals surface area (Å²) in [6.45, 7) is 4.89. The Morgan fingerprint density at radius 3 is 2.85 bits per heavy atom. The van der Waals surface area contributed by atoms with Gasteiger partial charge in [0, 0.05) is 6.54 Å². The van der Waals surface area contributed by atoms with Crippen LogP contribution in [0.2, 0.25) is 0 Å². The van der Waals surface area contributed by atoms with E-state index in [1.807, 2.05) is 10.6 Å². The van der Waals surface area contributed by atoms with Gasteiger partial charge < -0.3 is 14.0 Å². The SMILES string of the molecule is CCC(C)Cn1c(-c2ccc([N+](=O)[O-])o2)nc2cc3[nH]c(=O)cnc3cc21. The molecule has 0 bridgehead atoms. The predicted molar refractivity (Wildman–Crippen MR) is 99.5 cm³/mol. The fourth-order valence-corrected chi connectivity index (χ4v) is 3.02. The summed E-state index contributed by atoms with van der Waals surface area (Å²) >= 11 is 0. The highest BCUT2D eigenvalue weighted by atomic mass is 16.6. The molecule has 3 aromatic heterocycles. The number of nitro groups is 1. The first kappa shape index (κ1) is 17.0. The van der Waals surface area contributed by atoms with Crippen molar-refractivity contribution in [1.82, 2.24) is 19.5 Å². The molecule has 0 aliphatic carbocycles. The minimum absolute atomic E-state index is 0.289. The fourth-order valence-electron chi connectivity index (χ4n) is 3.02. The van der Waals surface area contributed by atoms with E-state index in [4.69, 9.17) is 4.42 Å². The van der Waals surface area contributed by atoms with Gasteiger partial charge in [-0.25, -0.2) is 9.97 Å². The molecule has 0 saturated carbocycles. The molecule has 4 aromatic rings. The minimum Gasteiger partial charge on any atom is -0.397 e. The molecule has 4 rings (SSSR count).